The van der Waals surface area contributed by atoms with Crippen LogP contribution in [0.15, 0.2) is 22.7 Å². The van der Waals surface area contributed by atoms with E-state index in [9.17, 15) is 15.2 Å². The first kappa shape index (κ1) is 14.4. The quantitative estimate of drug-likeness (QED) is 0.643. The van der Waals surface area contributed by atoms with E-state index in [-0.39, 0.29) is 11.8 Å². The van der Waals surface area contributed by atoms with Crippen LogP contribution in [0, 0.1) is 16.0 Å². The Hall–Kier alpha value is -0.980. The molecule has 0 aliphatic heterocycles. The Bertz CT molecular complexity index is 467. The van der Waals surface area contributed by atoms with Gasteiger partial charge >= 0.3 is 0 Å². The summed E-state index contributed by atoms with van der Waals surface area (Å²) in [5.74, 6) is 0.303. The van der Waals surface area contributed by atoms with Crippen LogP contribution in [0.1, 0.15) is 24.8 Å². The number of aliphatic hydroxyl groups excluding tert-OH is 1. The van der Waals surface area contributed by atoms with Crippen LogP contribution in [-0.4, -0.2) is 22.7 Å². The summed E-state index contributed by atoms with van der Waals surface area (Å²) in [6, 6.07) is 5.02. The van der Waals surface area contributed by atoms with E-state index in [2.05, 4.69) is 21.2 Å². The number of halogens is 1. The zero-order valence-corrected chi connectivity index (χ0v) is 12.1. The Labute approximate surface area is 120 Å². The lowest BCUT2D eigenvalue weighted by Crippen LogP contribution is -2.27. The number of hydrogen-bond donors (Lipinski definition) is 2. The van der Waals surface area contributed by atoms with Crippen LogP contribution in [-0.2, 0) is 6.54 Å². The fourth-order valence-electron chi connectivity index (χ4n) is 2.49. The highest BCUT2D eigenvalue weighted by molar-refractivity contribution is 9.10. The molecule has 0 amide bonds. The standard InChI is InChI=1S/C13H17BrN2O3/c14-13-10(4-1-5-11(13)16(18)19)8-15-7-9-3-2-6-12(9)17/h1,4-5,9,12,15,17H,2-3,6-8H2. The predicted octanol–water partition coefficient (Wildman–Crippen LogP) is 2.61. The van der Waals surface area contributed by atoms with Gasteiger partial charge in [0.1, 0.15) is 0 Å². The highest BCUT2D eigenvalue weighted by Crippen LogP contribution is 2.28. The van der Waals surface area contributed by atoms with E-state index in [0.29, 0.717) is 16.9 Å². The number of nitro benzene ring substituents is 1. The van der Waals surface area contributed by atoms with Crippen LogP contribution < -0.4 is 5.32 Å². The molecule has 104 valence electrons. The smallest absolute Gasteiger partial charge is 0.283 e. The van der Waals surface area contributed by atoms with Crippen molar-refractivity contribution < 1.29 is 10.0 Å². The molecule has 0 radical (unpaired) electrons. The summed E-state index contributed by atoms with van der Waals surface area (Å²) >= 11 is 3.28. The molecule has 1 aliphatic carbocycles. The molecule has 0 heterocycles. The molecule has 0 aromatic heterocycles. The van der Waals surface area contributed by atoms with Crippen molar-refractivity contribution in [3.63, 3.8) is 0 Å². The topological polar surface area (TPSA) is 75.4 Å². The first-order chi connectivity index (χ1) is 9.09. The molecule has 5 nitrogen and oxygen atoms in total. The van der Waals surface area contributed by atoms with E-state index in [1.54, 1.807) is 6.07 Å². The van der Waals surface area contributed by atoms with Crippen molar-refractivity contribution in [2.24, 2.45) is 5.92 Å². The zero-order chi connectivity index (χ0) is 13.8. The van der Waals surface area contributed by atoms with Gasteiger partial charge in [0.15, 0.2) is 0 Å². The minimum atomic E-state index is -0.395. The summed E-state index contributed by atoms with van der Waals surface area (Å²) < 4.78 is 0.527. The predicted molar refractivity (Wildman–Crippen MR) is 75.9 cm³/mol. The van der Waals surface area contributed by atoms with Crippen LogP contribution in [0.25, 0.3) is 0 Å². The van der Waals surface area contributed by atoms with Crippen LogP contribution in [0.2, 0.25) is 0 Å². The molecule has 6 heteroatoms. The number of hydrogen-bond acceptors (Lipinski definition) is 4. The number of nitro groups is 1. The molecule has 0 bridgehead atoms. The molecule has 1 aromatic rings. The molecule has 19 heavy (non-hydrogen) atoms. The fraction of sp³-hybridized carbons (Fsp3) is 0.538. The highest BCUT2D eigenvalue weighted by Gasteiger charge is 2.24. The van der Waals surface area contributed by atoms with Crippen molar-refractivity contribution in [1.82, 2.24) is 5.32 Å². The molecule has 2 unspecified atom stereocenters. The fourth-order valence-corrected chi connectivity index (χ4v) is 3.04. The number of nitrogens with zero attached hydrogens (tertiary/aromatic N) is 1. The van der Waals surface area contributed by atoms with Gasteiger partial charge in [0, 0.05) is 19.2 Å². The average Bonchev–Trinajstić information content (AvgIpc) is 2.77. The van der Waals surface area contributed by atoms with Crippen molar-refractivity contribution in [2.45, 2.75) is 31.9 Å². The maximum Gasteiger partial charge on any atom is 0.283 e. The van der Waals surface area contributed by atoms with Crippen LogP contribution >= 0.6 is 15.9 Å². The summed E-state index contributed by atoms with van der Waals surface area (Å²) in [7, 11) is 0. The van der Waals surface area contributed by atoms with Crippen molar-refractivity contribution in [3.8, 4) is 0 Å². The largest absolute Gasteiger partial charge is 0.393 e. The number of rotatable bonds is 5. The average molecular weight is 329 g/mol. The van der Waals surface area contributed by atoms with E-state index < -0.39 is 4.92 Å². The van der Waals surface area contributed by atoms with Crippen LogP contribution in [0.5, 0.6) is 0 Å². The summed E-state index contributed by atoms with van der Waals surface area (Å²) in [5.41, 5.74) is 0.946. The third-order valence-electron chi connectivity index (χ3n) is 3.60. The minimum absolute atomic E-state index is 0.0835. The van der Waals surface area contributed by atoms with Gasteiger partial charge in [-0.15, -0.1) is 0 Å². The van der Waals surface area contributed by atoms with E-state index in [1.165, 1.54) is 6.07 Å². The second-order valence-corrected chi connectivity index (χ2v) is 5.69. The molecule has 2 N–H and O–H groups in total. The molecule has 1 saturated carbocycles. The van der Waals surface area contributed by atoms with Gasteiger partial charge in [0.05, 0.1) is 15.5 Å². The van der Waals surface area contributed by atoms with Crippen molar-refractivity contribution in [2.75, 3.05) is 6.54 Å². The van der Waals surface area contributed by atoms with Gasteiger partial charge in [-0.1, -0.05) is 18.6 Å². The Morgan fingerprint density at radius 1 is 1.47 bits per heavy atom. The minimum Gasteiger partial charge on any atom is -0.393 e. The maximum atomic E-state index is 10.8. The Morgan fingerprint density at radius 3 is 2.89 bits per heavy atom. The van der Waals surface area contributed by atoms with Gasteiger partial charge in [-0.3, -0.25) is 10.1 Å². The van der Waals surface area contributed by atoms with Crippen LogP contribution in [0.4, 0.5) is 5.69 Å². The molecular formula is C13H17BrN2O3. The van der Waals surface area contributed by atoms with E-state index in [1.807, 2.05) is 6.07 Å². The molecule has 2 atom stereocenters. The normalized spacial score (nSPS) is 22.6. The highest BCUT2D eigenvalue weighted by atomic mass is 79.9. The first-order valence-electron chi connectivity index (χ1n) is 6.40. The van der Waals surface area contributed by atoms with E-state index in [4.69, 9.17) is 0 Å². The van der Waals surface area contributed by atoms with Gasteiger partial charge in [0.2, 0.25) is 0 Å². The van der Waals surface area contributed by atoms with Gasteiger partial charge in [-0.05, 0) is 40.3 Å². The van der Waals surface area contributed by atoms with E-state index >= 15 is 0 Å². The van der Waals surface area contributed by atoms with E-state index in [0.717, 1.165) is 31.4 Å². The van der Waals surface area contributed by atoms with Crippen LogP contribution in [0.3, 0.4) is 0 Å². The van der Waals surface area contributed by atoms with Crippen molar-refractivity contribution in [1.29, 1.82) is 0 Å². The number of benzene rings is 1. The second-order valence-electron chi connectivity index (χ2n) is 4.90. The number of nitrogens with one attached hydrogen (secondary N) is 1. The molecule has 1 fully saturated rings. The molecule has 0 saturated heterocycles. The van der Waals surface area contributed by atoms with Gasteiger partial charge in [-0.2, -0.15) is 0 Å². The summed E-state index contributed by atoms with van der Waals surface area (Å²) in [5, 5.41) is 23.8. The molecule has 1 aliphatic rings. The molecular weight excluding hydrogens is 312 g/mol. The molecule has 0 spiro atoms. The Kier molecular flexibility index (Phi) is 4.90. The van der Waals surface area contributed by atoms with Gasteiger partial charge in [-0.25, -0.2) is 0 Å². The maximum absolute atomic E-state index is 10.8. The Morgan fingerprint density at radius 2 is 2.26 bits per heavy atom. The van der Waals surface area contributed by atoms with Crippen molar-refractivity contribution >= 4 is 21.6 Å². The Balaban J connectivity index is 1.92. The number of aliphatic hydroxyl groups is 1. The zero-order valence-electron chi connectivity index (χ0n) is 10.5. The summed E-state index contributed by atoms with van der Waals surface area (Å²) in [6.45, 7) is 1.31. The lowest BCUT2D eigenvalue weighted by atomic mass is 10.1. The third kappa shape index (κ3) is 3.52. The monoisotopic (exact) mass is 328 g/mol. The second kappa shape index (κ2) is 6.45. The first-order valence-corrected chi connectivity index (χ1v) is 7.19. The summed E-state index contributed by atoms with van der Waals surface area (Å²) in [6.07, 6.45) is 2.80. The molecule has 1 aromatic carbocycles. The van der Waals surface area contributed by atoms with Gasteiger partial charge < -0.3 is 10.4 Å². The van der Waals surface area contributed by atoms with Gasteiger partial charge in [0.25, 0.3) is 5.69 Å². The SMILES string of the molecule is O=[N+]([O-])c1cccc(CNCC2CCCC2O)c1Br. The summed E-state index contributed by atoms with van der Waals surface area (Å²) in [4.78, 5) is 10.4. The third-order valence-corrected chi connectivity index (χ3v) is 4.51. The lowest BCUT2D eigenvalue weighted by molar-refractivity contribution is -0.385. The lowest BCUT2D eigenvalue weighted by Gasteiger charge is -2.15. The van der Waals surface area contributed by atoms with Crippen molar-refractivity contribution in [3.05, 3.63) is 38.3 Å². The molecule has 2 rings (SSSR count).